The molecule has 0 bridgehead atoms. The summed E-state index contributed by atoms with van der Waals surface area (Å²) in [5, 5.41) is 10.7. The zero-order chi connectivity index (χ0) is 14.5. The Morgan fingerprint density at radius 1 is 1.30 bits per heavy atom. The number of nitrogens with zero attached hydrogens (tertiary/aromatic N) is 2. The van der Waals surface area contributed by atoms with Crippen LogP contribution in [0, 0.1) is 13.8 Å². The van der Waals surface area contributed by atoms with Crippen molar-refractivity contribution in [3.05, 3.63) is 35.2 Å². The van der Waals surface area contributed by atoms with Gasteiger partial charge in [0.05, 0.1) is 12.6 Å². The highest BCUT2D eigenvalue weighted by atomic mass is 16.5. The maximum absolute atomic E-state index is 5.86. The van der Waals surface area contributed by atoms with E-state index in [0.717, 1.165) is 16.9 Å². The number of ether oxygens (including phenoxy) is 1. The average molecular weight is 276 g/mol. The fraction of sp³-hybridized carbons (Fsp3) is 0.429. The molecule has 108 valence electrons. The van der Waals surface area contributed by atoms with Crippen LogP contribution in [0.25, 0.3) is 0 Å². The Morgan fingerprint density at radius 2 is 2.00 bits per heavy atom. The lowest BCUT2D eigenvalue weighted by atomic mass is 10.1. The van der Waals surface area contributed by atoms with E-state index in [1.807, 2.05) is 39.0 Å². The van der Waals surface area contributed by atoms with Crippen molar-refractivity contribution >= 4 is 6.01 Å². The number of aromatic nitrogens is 2. The van der Waals surface area contributed by atoms with Crippen molar-refractivity contribution in [1.82, 2.24) is 10.2 Å². The number of anilines is 1. The Hall–Kier alpha value is -2.08. The fourth-order valence-corrected chi connectivity index (χ4v) is 1.88. The third kappa shape index (κ3) is 3.48. The first-order valence-corrected chi connectivity index (χ1v) is 6.58. The van der Waals surface area contributed by atoms with Gasteiger partial charge in [0.25, 0.3) is 0 Å². The molecule has 0 saturated carbocycles. The zero-order valence-corrected chi connectivity index (χ0v) is 12.0. The van der Waals surface area contributed by atoms with Crippen LogP contribution in [-0.4, -0.2) is 22.8 Å². The van der Waals surface area contributed by atoms with Crippen molar-refractivity contribution in [3.8, 4) is 5.75 Å². The van der Waals surface area contributed by atoms with E-state index in [4.69, 9.17) is 14.9 Å². The van der Waals surface area contributed by atoms with E-state index in [1.165, 1.54) is 0 Å². The van der Waals surface area contributed by atoms with Crippen molar-refractivity contribution < 1.29 is 9.15 Å². The van der Waals surface area contributed by atoms with Crippen LogP contribution in [0.5, 0.6) is 5.75 Å². The minimum atomic E-state index is 0.0417. The summed E-state index contributed by atoms with van der Waals surface area (Å²) < 4.78 is 11.1. The number of hydrogen-bond donors (Lipinski definition) is 2. The second-order valence-corrected chi connectivity index (χ2v) is 4.78. The molecule has 0 aliphatic carbocycles. The number of benzene rings is 1. The predicted octanol–water partition coefficient (Wildman–Crippen LogP) is 2.02. The molecule has 0 saturated heterocycles. The number of aryl methyl sites for hydroxylation is 2. The predicted molar refractivity (Wildman–Crippen MR) is 76.7 cm³/mol. The van der Waals surface area contributed by atoms with Gasteiger partial charge in [-0.25, -0.2) is 0 Å². The summed E-state index contributed by atoms with van der Waals surface area (Å²) in [6.45, 7) is 6.80. The highest BCUT2D eigenvalue weighted by Gasteiger charge is 2.10. The summed E-state index contributed by atoms with van der Waals surface area (Å²) in [7, 11) is 0. The van der Waals surface area contributed by atoms with Crippen LogP contribution in [-0.2, 0) is 6.54 Å². The lowest BCUT2D eigenvalue weighted by Crippen LogP contribution is -2.24. The van der Waals surface area contributed by atoms with Gasteiger partial charge in [0.15, 0.2) is 0 Å². The van der Waals surface area contributed by atoms with Crippen molar-refractivity contribution in [2.75, 3.05) is 11.9 Å². The largest absolute Gasteiger partial charge is 0.491 e. The molecule has 1 atom stereocenters. The first kappa shape index (κ1) is 14.3. The number of nitrogens with two attached hydrogens (primary N) is 1. The highest BCUT2D eigenvalue weighted by molar-refractivity contribution is 5.39. The Balaban J connectivity index is 1.90. The van der Waals surface area contributed by atoms with Gasteiger partial charge in [0.1, 0.15) is 12.4 Å². The number of rotatable bonds is 6. The van der Waals surface area contributed by atoms with Crippen LogP contribution in [0.3, 0.4) is 0 Å². The molecule has 0 fully saturated rings. The normalized spacial score (nSPS) is 12.2. The van der Waals surface area contributed by atoms with Crippen LogP contribution in [0.4, 0.5) is 6.01 Å². The number of para-hydroxylation sites is 1. The minimum Gasteiger partial charge on any atom is -0.491 e. The molecule has 6 heteroatoms. The third-order valence-electron chi connectivity index (χ3n) is 2.90. The van der Waals surface area contributed by atoms with E-state index in [-0.39, 0.29) is 12.6 Å². The molecule has 2 aromatic rings. The molecule has 1 aromatic heterocycles. The van der Waals surface area contributed by atoms with Gasteiger partial charge in [-0.2, -0.15) is 0 Å². The van der Waals surface area contributed by atoms with E-state index in [2.05, 4.69) is 15.5 Å². The van der Waals surface area contributed by atoms with Crippen LogP contribution in [0.2, 0.25) is 0 Å². The van der Waals surface area contributed by atoms with Gasteiger partial charge < -0.3 is 20.2 Å². The quantitative estimate of drug-likeness (QED) is 0.839. The molecule has 3 N–H and O–H groups in total. The van der Waals surface area contributed by atoms with E-state index in [0.29, 0.717) is 18.5 Å². The summed E-state index contributed by atoms with van der Waals surface area (Å²) in [6, 6.07) is 6.49. The molecule has 2 rings (SSSR count). The minimum absolute atomic E-state index is 0.0417. The lowest BCUT2D eigenvalue weighted by Gasteiger charge is -2.16. The zero-order valence-electron chi connectivity index (χ0n) is 12.0. The molecule has 0 aliphatic rings. The molecule has 1 aromatic carbocycles. The molecule has 1 unspecified atom stereocenters. The molecule has 0 spiro atoms. The van der Waals surface area contributed by atoms with Gasteiger partial charge in [0, 0.05) is 0 Å². The topological polar surface area (TPSA) is 86.2 Å². The standard InChI is InChI=1S/C14H20N4O2/c1-9-5-4-6-10(2)13(9)19-8-11(3)16-14-18-17-12(7-15)20-14/h4-6,11H,7-8,15H2,1-3H3,(H,16,18). The molecule has 1 heterocycles. The second-order valence-electron chi connectivity index (χ2n) is 4.78. The van der Waals surface area contributed by atoms with Gasteiger partial charge in [-0.15, -0.1) is 5.10 Å². The average Bonchev–Trinajstić information content (AvgIpc) is 2.86. The summed E-state index contributed by atoms with van der Waals surface area (Å²) in [5.74, 6) is 1.34. The Morgan fingerprint density at radius 3 is 2.60 bits per heavy atom. The summed E-state index contributed by atoms with van der Waals surface area (Å²) in [4.78, 5) is 0. The first-order valence-electron chi connectivity index (χ1n) is 6.58. The first-order chi connectivity index (χ1) is 9.60. The molecular weight excluding hydrogens is 256 g/mol. The summed E-state index contributed by atoms with van der Waals surface area (Å²) in [6.07, 6.45) is 0. The molecule has 0 radical (unpaired) electrons. The van der Waals surface area contributed by atoms with E-state index >= 15 is 0 Å². The van der Waals surface area contributed by atoms with Crippen molar-refractivity contribution in [2.45, 2.75) is 33.4 Å². The van der Waals surface area contributed by atoms with Gasteiger partial charge in [-0.05, 0) is 31.9 Å². The van der Waals surface area contributed by atoms with Crippen LogP contribution < -0.4 is 15.8 Å². The van der Waals surface area contributed by atoms with Gasteiger partial charge >= 0.3 is 6.01 Å². The Bertz CT molecular complexity index is 548. The van der Waals surface area contributed by atoms with Crippen molar-refractivity contribution in [3.63, 3.8) is 0 Å². The summed E-state index contributed by atoms with van der Waals surface area (Å²) in [5.41, 5.74) is 7.66. The van der Waals surface area contributed by atoms with E-state index in [1.54, 1.807) is 0 Å². The monoisotopic (exact) mass is 276 g/mol. The van der Waals surface area contributed by atoms with Gasteiger partial charge in [-0.3, -0.25) is 0 Å². The van der Waals surface area contributed by atoms with Crippen LogP contribution >= 0.6 is 0 Å². The smallest absolute Gasteiger partial charge is 0.315 e. The van der Waals surface area contributed by atoms with E-state index < -0.39 is 0 Å². The second kappa shape index (κ2) is 6.38. The van der Waals surface area contributed by atoms with E-state index in [9.17, 15) is 0 Å². The molecule has 20 heavy (non-hydrogen) atoms. The molecule has 6 nitrogen and oxygen atoms in total. The molecular formula is C14H20N4O2. The van der Waals surface area contributed by atoms with Crippen LogP contribution in [0.15, 0.2) is 22.6 Å². The van der Waals surface area contributed by atoms with Crippen LogP contribution in [0.1, 0.15) is 23.9 Å². The highest BCUT2D eigenvalue weighted by Crippen LogP contribution is 2.22. The van der Waals surface area contributed by atoms with Gasteiger partial charge in [-0.1, -0.05) is 23.3 Å². The third-order valence-corrected chi connectivity index (χ3v) is 2.90. The maximum atomic E-state index is 5.86. The van der Waals surface area contributed by atoms with Crippen molar-refractivity contribution in [1.29, 1.82) is 0 Å². The number of hydrogen-bond acceptors (Lipinski definition) is 6. The van der Waals surface area contributed by atoms with Crippen molar-refractivity contribution in [2.24, 2.45) is 5.73 Å². The summed E-state index contributed by atoms with van der Waals surface area (Å²) >= 11 is 0. The number of nitrogens with one attached hydrogen (secondary N) is 1. The lowest BCUT2D eigenvalue weighted by molar-refractivity contribution is 0.297. The fourth-order valence-electron chi connectivity index (χ4n) is 1.88. The Labute approximate surface area is 118 Å². The van der Waals surface area contributed by atoms with Gasteiger partial charge in [0.2, 0.25) is 5.89 Å². The SMILES string of the molecule is Cc1cccc(C)c1OCC(C)Nc1nnc(CN)o1. The molecule has 0 aliphatic heterocycles. The Kier molecular flexibility index (Phi) is 4.57. The molecule has 0 amide bonds. The maximum Gasteiger partial charge on any atom is 0.315 e.